The first-order valence-corrected chi connectivity index (χ1v) is 4.82. The standard InChI is InChI=1S/C14H16/c1-13-9-7-5-3-4-6-8-10-14(2)12-11-13/h3-12H,1-2H3. The summed E-state index contributed by atoms with van der Waals surface area (Å²) < 4.78 is 0. The zero-order chi connectivity index (χ0) is 10.2. The molecule has 1 aliphatic rings. The predicted molar refractivity (Wildman–Crippen MR) is 64.1 cm³/mol. The van der Waals surface area contributed by atoms with Gasteiger partial charge >= 0.3 is 0 Å². The smallest absolute Gasteiger partial charge is 0.0398 e. The van der Waals surface area contributed by atoms with E-state index >= 15 is 0 Å². The lowest BCUT2D eigenvalue weighted by Gasteiger charge is -1.91. The highest BCUT2D eigenvalue weighted by atomic mass is 13.9. The van der Waals surface area contributed by atoms with Crippen LogP contribution in [0.3, 0.4) is 0 Å². The van der Waals surface area contributed by atoms with E-state index in [1.165, 1.54) is 11.1 Å². The highest BCUT2D eigenvalue weighted by Gasteiger charge is 1.81. The maximum atomic E-state index is 2.12. The van der Waals surface area contributed by atoms with Crippen LogP contribution in [0.2, 0.25) is 0 Å². The minimum atomic E-state index is 1.26. The molecule has 0 N–H and O–H groups in total. The van der Waals surface area contributed by atoms with Crippen molar-refractivity contribution in [1.29, 1.82) is 0 Å². The first-order valence-electron chi connectivity index (χ1n) is 4.82. The Balaban J connectivity index is 2.90. The molecule has 0 aromatic heterocycles. The molecule has 0 heterocycles. The largest absolute Gasteiger partial charge is 0.0623 e. The van der Waals surface area contributed by atoms with E-state index in [0.29, 0.717) is 0 Å². The van der Waals surface area contributed by atoms with E-state index in [1.54, 1.807) is 0 Å². The van der Waals surface area contributed by atoms with Crippen LogP contribution < -0.4 is 0 Å². The normalized spacial score (nSPS) is 17.0. The summed E-state index contributed by atoms with van der Waals surface area (Å²) in [5.41, 5.74) is 2.51. The van der Waals surface area contributed by atoms with Crippen LogP contribution in [0.5, 0.6) is 0 Å². The molecule has 0 bridgehead atoms. The number of allylic oxidation sites excluding steroid dienone is 12. The second kappa shape index (κ2) is 5.98. The van der Waals surface area contributed by atoms with Crippen molar-refractivity contribution in [3.05, 3.63) is 71.9 Å². The second-order valence-electron chi connectivity index (χ2n) is 3.31. The quantitative estimate of drug-likeness (QED) is 0.531. The first-order chi connectivity index (χ1) is 6.79. The summed E-state index contributed by atoms with van der Waals surface area (Å²) in [5.74, 6) is 0. The average Bonchev–Trinajstić information content (AvgIpc) is 2.17. The molecular weight excluding hydrogens is 168 g/mol. The minimum absolute atomic E-state index is 1.26. The van der Waals surface area contributed by atoms with Crippen LogP contribution in [-0.2, 0) is 0 Å². The zero-order valence-electron chi connectivity index (χ0n) is 8.77. The van der Waals surface area contributed by atoms with E-state index in [-0.39, 0.29) is 0 Å². The van der Waals surface area contributed by atoms with E-state index < -0.39 is 0 Å². The zero-order valence-corrected chi connectivity index (χ0v) is 8.77. The summed E-state index contributed by atoms with van der Waals surface area (Å²) in [7, 11) is 0. The molecule has 0 aromatic carbocycles. The Kier molecular flexibility index (Phi) is 4.49. The van der Waals surface area contributed by atoms with Crippen molar-refractivity contribution in [3.63, 3.8) is 0 Å². The van der Waals surface area contributed by atoms with E-state index in [1.807, 2.05) is 36.5 Å². The Morgan fingerprint density at radius 2 is 0.929 bits per heavy atom. The van der Waals surface area contributed by atoms with Gasteiger partial charge in [0.15, 0.2) is 0 Å². The Morgan fingerprint density at radius 3 is 1.36 bits per heavy atom. The molecule has 0 saturated heterocycles. The van der Waals surface area contributed by atoms with Crippen molar-refractivity contribution in [1.82, 2.24) is 0 Å². The van der Waals surface area contributed by atoms with E-state index in [9.17, 15) is 0 Å². The Morgan fingerprint density at radius 1 is 0.571 bits per heavy atom. The molecule has 0 nitrogen and oxygen atoms in total. The molecule has 0 radical (unpaired) electrons. The Bertz CT molecular complexity index is 308. The lowest BCUT2D eigenvalue weighted by Crippen LogP contribution is -1.70. The van der Waals surface area contributed by atoms with Crippen LogP contribution >= 0.6 is 0 Å². The van der Waals surface area contributed by atoms with Crippen molar-refractivity contribution >= 4 is 0 Å². The number of hydrogen-bond donors (Lipinski definition) is 0. The third-order valence-corrected chi connectivity index (χ3v) is 1.88. The molecule has 0 aromatic rings. The molecule has 0 saturated carbocycles. The number of hydrogen-bond acceptors (Lipinski definition) is 0. The van der Waals surface area contributed by atoms with E-state index in [0.717, 1.165) is 0 Å². The van der Waals surface area contributed by atoms with Gasteiger partial charge in [-0.25, -0.2) is 0 Å². The van der Waals surface area contributed by atoms with Gasteiger partial charge in [0.25, 0.3) is 0 Å². The Labute approximate surface area is 86.3 Å². The van der Waals surface area contributed by atoms with Crippen molar-refractivity contribution in [2.24, 2.45) is 0 Å². The van der Waals surface area contributed by atoms with Crippen molar-refractivity contribution in [3.8, 4) is 0 Å². The van der Waals surface area contributed by atoms with Gasteiger partial charge in [0.05, 0.1) is 0 Å². The van der Waals surface area contributed by atoms with Gasteiger partial charge in [-0.05, 0) is 13.8 Å². The molecule has 1 rings (SSSR count). The van der Waals surface area contributed by atoms with Gasteiger partial charge in [0.1, 0.15) is 0 Å². The van der Waals surface area contributed by atoms with Gasteiger partial charge in [-0.1, -0.05) is 71.9 Å². The van der Waals surface area contributed by atoms with Crippen LogP contribution in [0, 0.1) is 0 Å². The molecule has 0 aliphatic heterocycles. The molecular formula is C14H16. The topological polar surface area (TPSA) is 0 Å². The predicted octanol–water partition coefficient (Wildman–Crippen LogP) is 4.12. The highest BCUT2D eigenvalue weighted by molar-refractivity contribution is 5.31. The fourth-order valence-corrected chi connectivity index (χ4v) is 1.05. The molecule has 72 valence electrons. The number of rotatable bonds is 0. The monoisotopic (exact) mass is 184 g/mol. The molecule has 1 aliphatic carbocycles. The van der Waals surface area contributed by atoms with Crippen LogP contribution in [0.1, 0.15) is 13.8 Å². The SMILES string of the molecule is CC1=CC=C(C)C=CC=CC=CC=C1. The molecule has 0 spiro atoms. The summed E-state index contributed by atoms with van der Waals surface area (Å²) in [6.07, 6.45) is 20.6. The van der Waals surface area contributed by atoms with E-state index in [2.05, 4.69) is 38.2 Å². The Hall–Kier alpha value is -1.56. The third kappa shape index (κ3) is 4.46. The van der Waals surface area contributed by atoms with Crippen LogP contribution in [0.25, 0.3) is 0 Å². The maximum Gasteiger partial charge on any atom is -0.0398 e. The highest BCUT2D eigenvalue weighted by Crippen LogP contribution is 2.01. The van der Waals surface area contributed by atoms with Crippen molar-refractivity contribution < 1.29 is 0 Å². The second-order valence-corrected chi connectivity index (χ2v) is 3.31. The summed E-state index contributed by atoms with van der Waals surface area (Å²) >= 11 is 0. The van der Waals surface area contributed by atoms with Gasteiger partial charge in [-0.3, -0.25) is 0 Å². The minimum Gasteiger partial charge on any atom is -0.0623 e. The van der Waals surface area contributed by atoms with Gasteiger partial charge in [-0.15, -0.1) is 0 Å². The third-order valence-electron chi connectivity index (χ3n) is 1.88. The van der Waals surface area contributed by atoms with Gasteiger partial charge in [0.2, 0.25) is 0 Å². The molecule has 0 amide bonds. The fraction of sp³-hybridized carbons (Fsp3) is 0.143. The lowest BCUT2D eigenvalue weighted by atomic mass is 10.2. The molecule has 14 heavy (non-hydrogen) atoms. The molecule has 0 atom stereocenters. The lowest BCUT2D eigenvalue weighted by molar-refractivity contribution is 1.47. The van der Waals surface area contributed by atoms with Crippen LogP contribution in [0.4, 0.5) is 0 Å². The molecule has 0 fully saturated rings. The summed E-state index contributed by atoms with van der Waals surface area (Å²) in [6.45, 7) is 4.19. The fourth-order valence-electron chi connectivity index (χ4n) is 1.05. The van der Waals surface area contributed by atoms with Gasteiger partial charge < -0.3 is 0 Å². The van der Waals surface area contributed by atoms with Gasteiger partial charge in [0, 0.05) is 0 Å². The summed E-state index contributed by atoms with van der Waals surface area (Å²) in [4.78, 5) is 0. The maximum absolute atomic E-state index is 2.12. The van der Waals surface area contributed by atoms with E-state index in [4.69, 9.17) is 0 Å². The van der Waals surface area contributed by atoms with Crippen LogP contribution in [-0.4, -0.2) is 0 Å². The molecule has 0 unspecified atom stereocenters. The van der Waals surface area contributed by atoms with Crippen molar-refractivity contribution in [2.45, 2.75) is 13.8 Å². The summed E-state index contributed by atoms with van der Waals surface area (Å²) in [5, 5.41) is 0. The average molecular weight is 184 g/mol. The first kappa shape index (κ1) is 10.5. The molecule has 0 heteroatoms. The van der Waals surface area contributed by atoms with Crippen LogP contribution in [0.15, 0.2) is 71.9 Å². The van der Waals surface area contributed by atoms with Gasteiger partial charge in [-0.2, -0.15) is 0 Å². The van der Waals surface area contributed by atoms with Crippen molar-refractivity contribution in [2.75, 3.05) is 0 Å². The summed E-state index contributed by atoms with van der Waals surface area (Å²) in [6, 6.07) is 0.